The Morgan fingerprint density at radius 3 is 1.95 bits per heavy atom. The van der Waals surface area contributed by atoms with Gasteiger partial charge in [0.25, 0.3) is 0 Å². The largest absolute Gasteiger partial charge is 0.493 e. The van der Waals surface area contributed by atoms with Crippen LogP contribution < -0.4 is 14.8 Å². The molecule has 0 radical (unpaired) electrons. The average Bonchev–Trinajstić information content (AvgIpc) is 3.48. The molecule has 0 aromatic heterocycles. The van der Waals surface area contributed by atoms with Crippen LogP contribution in [0.2, 0.25) is 0 Å². The summed E-state index contributed by atoms with van der Waals surface area (Å²) in [5.41, 5.74) is 0.794. The van der Waals surface area contributed by atoms with E-state index in [0.29, 0.717) is 37.4 Å². The van der Waals surface area contributed by atoms with Crippen LogP contribution in [-0.2, 0) is 31.4 Å². The van der Waals surface area contributed by atoms with Crippen molar-refractivity contribution in [3.63, 3.8) is 0 Å². The van der Waals surface area contributed by atoms with Crippen molar-refractivity contribution in [3.8, 4) is 11.5 Å². The van der Waals surface area contributed by atoms with Gasteiger partial charge in [0.15, 0.2) is 11.5 Å². The van der Waals surface area contributed by atoms with Gasteiger partial charge in [-0.1, -0.05) is 12.1 Å². The number of hydrogen-bond donors (Lipinski definition) is 1. The lowest BCUT2D eigenvalue weighted by Crippen LogP contribution is -2.42. The normalized spacial score (nSPS) is 18.0. The van der Waals surface area contributed by atoms with E-state index in [4.69, 9.17) is 9.47 Å². The Labute approximate surface area is 218 Å². The van der Waals surface area contributed by atoms with Gasteiger partial charge in [-0.3, -0.25) is 4.79 Å². The molecule has 2 fully saturated rings. The van der Waals surface area contributed by atoms with E-state index in [1.165, 1.54) is 35.0 Å². The SMILES string of the molecule is COc1ccc(S(=O)(=O)N2CCC(C(=O)NCc3ccc(S(=O)(=O)N4CCCC4)cc3)CC2)cc1OC. The van der Waals surface area contributed by atoms with Crippen LogP contribution in [0, 0.1) is 5.92 Å². The zero-order chi connectivity index (χ0) is 26.6. The number of sulfonamides is 2. The van der Waals surface area contributed by atoms with E-state index in [9.17, 15) is 21.6 Å². The van der Waals surface area contributed by atoms with Crippen molar-refractivity contribution in [2.75, 3.05) is 40.4 Å². The number of rotatable bonds is 9. The lowest BCUT2D eigenvalue weighted by Gasteiger charge is -2.30. The Balaban J connectivity index is 1.30. The zero-order valence-electron chi connectivity index (χ0n) is 21.1. The first kappa shape index (κ1) is 27.4. The van der Waals surface area contributed by atoms with E-state index in [0.717, 1.165) is 18.4 Å². The maximum Gasteiger partial charge on any atom is 0.243 e. The maximum absolute atomic E-state index is 13.1. The van der Waals surface area contributed by atoms with Gasteiger partial charge >= 0.3 is 0 Å². The molecule has 0 saturated carbocycles. The van der Waals surface area contributed by atoms with Crippen molar-refractivity contribution < 1.29 is 31.1 Å². The van der Waals surface area contributed by atoms with Gasteiger partial charge in [-0.25, -0.2) is 16.8 Å². The number of benzene rings is 2. The van der Waals surface area contributed by atoms with Crippen molar-refractivity contribution in [2.24, 2.45) is 5.92 Å². The first-order valence-corrected chi connectivity index (χ1v) is 15.1. The van der Waals surface area contributed by atoms with E-state index in [1.807, 2.05) is 0 Å². The third-order valence-electron chi connectivity index (χ3n) is 6.91. The molecule has 12 heteroatoms. The molecule has 4 rings (SSSR count). The smallest absolute Gasteiger partial charge is 0.243 e. The molecule has 37 heavy (non-hydrogen) atoms. The van der Waals surface area contributed by atoms with Crippen LogP contribution in [0.15, 0.2) is 52.3 Å². The number of hydrogen-bond acceptors (Lipinski definition) is 7. The Bertz CT molecular complexity index is 1310. The Morgan fingerprint density at radius 1 is 0.811 bits per heavy atom. The molecule has 1 amide bonds. The first-order chi connectivity index (χ1) is 17.7. The predicted octanol–water partition coefficient (Wildman–Crippen LogP) is 2.21. The van der Waals surface area contributed by atoms with Crippen LogP contribution in [0.1, 0.15) is 31.2 Å². The second-order valence-electron chi connectivity index (χ2n) is 9.17. The molecule has 0 unspecified atom stereocenters. The average molecular weight is 552 g/mol. The van der Waals surface area contributed by atoms with Gasteiger partial charge in [-0.15, -0.1) is 0 Å². The van der Waals surface area contributed by atoms with Crippen LogP contribution >= 0.6 is 0 Å². The fourth-order valence-corrected chi connectivity index (χ4v) is 7.68. The molecule has 2 aromatic carbocycles. The van der Waals surface area contributed by atoms with Crippen LogP contribution in [0.5, 0.6) is 11.5 Å². The zero-order valence-corrected chi connectivity index (χ0v) is 22.7. The van der Waals surface area contributed by atoms with E-state index < -0.39 is 20.0 Å². The minimum absolute atomic E-state index is 0.114. The molecule has 2 aliphatic heterocycles. The van der Waals surface area contributed by atoms with Crippen molar-refractivity contribution in [1.29, 1.82) is 0 Å². The predicted molar refractivity (Wildman–Crippen MR) is 137 cm³/mol. The monoisotopic (exact) mass is 551 g/mol. The van der Waals surface area contributed by atoms with E-state index in [-0.39, 0.29) is 41.3 Å². The highest BCUT2D eigenvalue weighted by atomic mass is 32.2. The maximum atomic E-state index is 13.1. The van der Waals surface area contributed by atoms with Gasteiger partial charge in [0.1, 0.15) is 0 Å². The van der Waals surface area contributed by atoms with Gasteiger partial charge in [-0.2, -0.15) is 8.61 Å². The number of methoxy groups -OCH3 is 2. The number of piperidine rings is 1. The Hall–Kier alpha value is -2.67. The van der Waals surface area contributed by atoms with Crippen molar-refractivity contribution in [1.82, 2.24) is 13.9 Å². The minimum Gasteiger partial charge on any atom is -0.493 e. The van der Waals surface area contributed by atoms with Gasteiger partial charge < -0.3 is 14.8 Å². The first-order valence-electron chi connectivity index (χ1n) is 12.3. The second-order valence-corrected chi connectivity index (χ2v) is 13.0. The highest BCUT2D eigenvalue weighted by Gasteiger charge is 2.32. The number of amides is 1. The fraction of sp³-hybridized carbons (Fsp3) is 0.480. The summed E-state index contributed by atoms with van der Waals surface area (Å²) in [5, 5.41) is 2.90. The number of carbonyl (C=O) groups is 1. The third-order valence-corrected chi connectivity index (χ3v) is 10.7. The summed E-state index contributed by atoms with van der Waals surface area (Å²) in [5.74, 6) is 0.336. The highest BCUT2D eigenvalue weighted by Crippen LogP contribution is 2.32. The fourth-order valence-electron chi connectivity index (χ4n) is 4.67. The highest BCUT2D eigenvalue weighted by molar-refractivity contribution is 7.89. The van der Waals surface area contributed by atoms with Crippen molar-refractivity contribution in [3.05, 3.63) is 48.0 Å². The topological polar surface area (TPSA) is 122 Å². The number of carbonyl (C=O) groups excluding carboxylic acids is 1. The van der Waals surface area contributed by atoms with Gasteiger partial charge in [0, 0.05) is 44.7 Å². The lowest BCUT2D eigenvalue weighted by atomic mass is 9.97. The summed E-state index contributed by atoms with van der Waals surface area (Å²) in [6, 6.07) is 11.1. The van der Waals surface area contributed by atoms with Crippen molar-refractivity contribution in [2.45, 2.75) is 42.0 Å². The molecule has 10 nitrogen and oxygen atoms in total. The van der Waals surface area contributed by atoms with Gasteiger partial charge in [0.2, 0.25) is 26.0 Å². The van der Waals surface area contributed by atoms with Gasteiger partial charge in [0.05, 0.1) is 24.0 Å². The van der Waals surface area contributed by atoms with Crippen LogP contribution in [0.3, 0.4) is 0 Å². The summed E-state index contributed by atoms with van der Waals surface area (Å²) in [6.45, 7) is 1.84. The van der Waals surface area contributed by atoms with Crippen LogP contribution in [0.4, 0.5) is 0 Å². The molecule has 2 heterocycles. The quantitative estimate of drug-likeness (QED) is 0.507. The molecule has 202 valence electrons. The lowest BCUT2D eigenvalue weighted by molar-refractivity contribution is -0.126. The molecule has 0 atom stereocenters. The summed E-state index contributed by atoms with van der Waals surface area (Å²) in [4.78, 5) is 13.1. The minimum atomic E-state index is -3.73. The van der Waals surface area contributed by atoms with Crippen LogP contribution in [-0.4, -0.2) is 71.8 Å². The summed E-state index contributed by atoms with van der Waals surface area (Å²) in [7, 11) is -4.27. The van der Waals surface area contributed by atoms with E-state index in [2.05, 4.69) is 5.32 Å². The number of ether oxygens (including phenoxy) is 2. The Morgan fingerprint density at radius 2 is 1.35 bits per heavy atom. The number of nitrogens with zero attached hydrogens (tertiary/aromatic N) is 2. The molecule has 2 saturated heterocycles. The molecular weight excluding hydrogens is 518 g/mol. The molecule has 0 spiro atoms. The van der Waals surface area contributed by atoms with Gasteiger partial charge in [-0.05, 0) is 55.5 Å². The third kappa shape index (κ3) is 5.92. The second kappa shape index (κ2) is 11.4. The molecule has 2 aliphatic rings. The summed E-state index contributed by atoms with van der Waals surface area (Å²) < 4.78 is 64.8. The Kier molecular flexibility index (Phi) is 8.42. The summed E-state index contributed by atoms with van der Waals surface area (Å²) >= 11 is 0. The summed E-state index contributed by atoms with van der Waals surface area (Å²) in [6.07, 6.45) is 2.58. The number of nitrogens with one attached hydrogen (secondary N) is 1. The molecule has 1 N–H and O–H groups in total. The van der Waals surface area contributed by atoms with Crippen molar-refractivity contribution >= 4 is 26.0 Å². The molecule has 0 bridgehead atoms. The molecule has 2 aromatic rings. The molecular formula is C25H33N3O7S2. The van der Waals surface area contributed by atoms with E-state index >= 15 is 0 Å². The standard InChI is InChI=1S/C25H33N3O7S2/c1-34-23-10-9-22(17-24(23)35-2)37(32,33)28-15-11-20(12-16-28)25(29)26-18-19-5-7-21(8-6-19)36(30,31)27-13-3-4-14-27/h5-10,17,20H,3-4,11-16,18H2,1-2H3,(H,26,29). The molecule has 0 aliphatic carbocycles. The van der Waals surface area contributed by atoms with Crippen LogP contribution in [0.25, 0.3) is 0 Å². The van der Waals surface area contributed by atoms with E-state index in [1.54, 1.807) is 30.3 Å².